The second-order valence-corrected chi connectivity index (χ2v) is 2.83. The smallest absolute Gasteiger partial charge is 0.188 e. The molecule has 0 aliphatic heterocycles. The molecule has 4 nitrogen and oxygen atoms in total. The van der Waals surface area contributed by atoms with Crippen LogP contribution in [0.25, 0.3) is 0 Å². The van der Waals surface area contributed by atoms with Gasteiger partial charge in [0.15, 0.2) is 5.96 Å². The van der Waals surface area contributed by atoms with Crippen LogP contribution in [0.3, 0.4) is 0 Å². The molecule has 4 heteroatoms. The van der Waals surface area contributed by atoms with E-state index in [2.05, 4.69) is 12.2 Å². The molecule has 0 amide bonds. The summed E-state index contributed by atoms with van der Waals surface area (Å²) in [5, 5.41) is 10.3. The number of rotatable bonds is 6. The molecule has 0 unspecified atom stereocenters. The maximum atomic E-state index is 7.27. The summed E-state index contributed by atoms with van der Waals surface area (Å²) in [6.07, 6.45) is 2.08. The maximum absolute atomic E-state index is 7.27. The highest BCUT2D eigenvalue weighted by molar-refractivity contribution is 5.74. The van der Waals surface area contributed by atoms with Crippen molar-refractivity contribution in [3.05, 3.63) is 0 Å². The molecular formula is C8H20N4. The van der Waals surface area contributed by atoms with Crippen molar-refractivity contribution in [1.82, 2.24) is 10.2 Å². The zero-order valence-electron chi connectivity index (χ0n) is 8.06. The number of hydrogen-bond donors (Lipinski definition) is 3. The standard InChI is InChI=1S/C8H20N4/c1-3-6-12(8(9)10)7-4-5-11-2/h11H,3-7H2,1-2H3,(H3,9,10). The van der Waals surface area contributed by atoms with Crippen LogP contribution in [0.4, 0.5) is 0 Å². The van der Waals surface area contributed by atoms with E-state index >= 15 is 0 Å². The van der Waals surface area contributed by atoms with Crippen molar-refractivity contribution in [3.63, 3.8) is 0 Å². The van der Waals surface area contributed by atoms with Gasteiger partial charge < -0.3 is 16.0 Å². The average molecular weight is 172 g/mol. The molecule has 0 saturated heterocycles. The molecule has 0 spiro atoms. The zero-order valence-corrected chi connectivity index (χ0v) is 8.06. The van der Waals surface area contributed by atoms with Gasteiger partial charge in [-0.2, -0.15) is 0 Å². The summed E-state index contributed by atoms with van der Waals surface area (Å²) in [7, 11) is 1.93. The van der Waals surface area contributed by atoms with E-state index in [0.717, 1.165) is 32.5 Å². The van der Waals surface area contributed by atoms with E-state index in [9.17, 15) is 0 Å². The van der Waals surface area contributed by atoms with Gasteiger partial charge in [-0.25, -0.2) is 0 Å². The fourth-order valence-corrected chi connectivity index (χ4v) is 1.07. The molecule has 72 valence electrons. The Morgan fingerprint density at radius 2 is 2.17 bits per heavy atom. The lowest BCUT2D eigenvalue weighted by atomic mass is 10.3. The van der Waals surface area contributed by atoms with E-state index < -0.39 is 0 Å². The summed E-state index contributed by atoms with van der Waals surface area (Å²) in [5.74, 6) is 0.188. The van der Waals surface area contributed by atoms with Crippen LogP contribution in [-0.4, -0.2) is 37.5 Å². The first-order valence-electron chi connectivity index (χ1n) is 4.46. The first kappa shape index (κ1) is 11.2. The third-order valence-electron chi connectivity index (χ3n) is 1.69. The topological polar surface area (TPSA) is 65.1 Å². The van der Waals surface area contributed by atoms with E-state index in [1.807, 2.05) is 11.9 Å². The molecule has 0 fully saturated rings. The second kappa shape index (κ2) is 6.91. The third-order valence-corrected chi connectivity index (χ3v) is 1.69. The van der Waals surface area contributed by atoms with Crippen molar-refractivity contribution in [2.24, 2.45) is 5.73 Å². The van der Waals surface area contributed by atoms with Crippen molar-refractivity contribution in [3.8, 4) is 0 Å². The minimum atomic E-state index is 0.188. The number of nitrogens with two attached hydrogens (primary N) is 1. The molecule has 0 heterocycles. The fraction of sp³-hybridized carbons (Fsp3) is 0.875. The number of nitrogens with zero attached hydrogens (tertiary/aromatic N) is 1. The van der Waals surface area contributed by atoms with Crippen LogP contribution in [0, 0.1) is 5.41 Å². The Hall–Kier alpha value is -0.770. The first-order valence-corrected chi connectivity index (χ1v) is 4.46. The van der Waals surface area contributed by atoms with E-state index in [1.54, 1.807) is 0 Å². The highest BCUT2D eigenvalue weighted by Gasteiger charge is 2.02. The van der Waals surface area contributed by atoms with Crippen LogP contribution in [0.15, 0.2) is 0 Å². The molecule has 12 heavy (non-hydrogen) atoms. The molecular weight excluding hydrogens is 152 g/mol. The summed E-state index contributed by atoms with van der Waals surface area (Å²) in [4.78, 5) is 1.90. The lowest BCUT2D eigenvalue weighted by Gasteiger charge is -2.21. The van der Waals surface area contributed by atoms with Crippen LogP contribution >= 0.6 is 0 Å². The van der Waals surface area contributed by atoms with Crippen LogP contribution < -0.4 is 11.1 Å². The first-order chi connectivity index (χ1) is 5.72. The Bertz CT molecular complexity index is 124. The van der Waals surface area contributed by atoms with E-state index in [1.165, 1.54) is 0 Å². The lowest BCUT2D eigenvalue weighted by Crippen LogP contribution is -2.38. The van der Waals surface area contributed by atoms with Crippen LogP contribution in [-0.2, 0) is 0 Å². The summed E-state index contributed by atoms with van der Waals surface area (Å²) in [6, 6.07) is 0. The highest BCUT2D eigenvalue weighted by Crippen LogP contribution is 1.91. The Morgan fingerprint density at radius 3 is 2.58 bits per heavy atom. The summed E-state index contributed by atoms with van der Waals surface area (Å²) in [6.45, 7) is 4.84. The second-order valence-electron chi connectivity index (χ2n) is 2.83. The Kier molecular flexibility index (Phi) is 6.47. The number of nitrogens with one attached hydrogen (secondary N) is 2. The minimum absolute atomic E-state index is 0.188. The van der Waals surface area contributed by atoms with Gasteiger partial charge in [0.25, 0.3) is 0 Å². The fourth-order valence-electron chi connectivity index (χ4n) is 1.07. The lowest BCUT2D eigenvalue weighted by molar-refractivity contribution is 0.400. The van der Waals surface area contributed by atoms with Crippen molar-refractivity contribution in [1.29, 1.82) is 5.41 Å². The maximum Gasteiger partial charge on any atom is 0.188 e. The molecule has 0 rings (SSSR count). The summed E-state index contributed by atoms with van der Waals surface area (Å²) < 4.78 is 0. The summed E-state index contributed by atoms with van der Waals surface area (Å²) >= 11 is 0. The molecule has 0 aliphatic rings. The average Bonchev–Trinajstić information content (AvgIpc) is 2.03. The predicted molar refractivity (Wildman–Crippen MR) is 52.3 cm³/mol. The van der Waals surface area contributed by atoms with Crippen molar-refractivity contribution in [2.45, 2.75) is 19.8 Å². The van der Waals surface area contributed by atoms with Crippen LogP contribution in [0.2, 0.25) is 0 Å². The molecule has 0 saturated carbocycles. The summed E-state index contributed by atoms with van der Waals surface area (Å²) in [5.41, 5.74) is 5.39. The third kappa shape index (κ3) is 4.96. The quantitative estimate of drug-likeness (QED) is 0.305. The molecule has 0 radical (unpaired) electrons. The molecule has 0 aromatic rings. The van der Waals surface area contributed by atoms with Gasteiger partial charge in [-0.15, -0.1) is 0 Å². The van der Waals surface area contributed by atoms with Crippen molar-refractivity contribution >= 4 is 5.96 Å². The monoisotopic (exact) mass is 172 g/mol. The molecule has 0 atom stereocenters. The highest BCUT2D eigenvalue weighted by atomic mass is 15.2. The van der Waals surface area contributed by atoms with Gasteiger partial charge in [0.05, 0.1) is 0 Å². The molecule has 0 bridgehead atoms. The zero-order chi connectivity index (χ0) is 9.40. The van der Waals surface area contributed by atoms with Crippen molar-refractivity contribution < 1.29 is 0 Å². The Balaban J connectivity index is 3.56. The van der Waals surface area contributed by atoms with Gasteiger partial charge >= 0.3 is 0 Å². The minimum Gasteiger partial charge on any atom is -0.370 e. The van der Waals surface area contributed by atoms with E-state index in [-0.39, 0.29) is 5.96 Å². The van der Waals surface area contributed by atoms with Gasteiger partial charge in [-0.05, 0) is 26.4 Å². The largest absolute Gasteiger partial charge is 0.370 e. The number of guanidine groups is 1. The normalized spacial score (nSPS) is 9.83. The molecule has 0 aliphatic carbocycles. The number of hydrogen-bond acceptors (Lipinski definition) is 2. The van der Waals surface area contributed by atoms with Crippen molar-refractivity contribution in [2.75, 3.05) is 26.7 Å². The van der Waals surface area contributed by atoms with E-state index in [4.69, 9.17) is 11.1 Å². The van der Waals surface area contributed by atoms with E-state index in [0.29, 0.717) is 0 Å². The van der Waals surface area contributed by atoms with Gasteiger partial charge in [0.1, 0.15) is 0 Å². The molecule has 0 aromatic heterocycles. The van der Waals surface area contributed by atoms with Gasteiger partial charge in [-0.3, -0.25) is 5.41 Å². The predicted octanol–water partition coefficient (Wildman–Crippen LogP) is 0.201. The van der Waals surface area contributed by atoms with Crippen LogP contribution in [0.5, 0.6) is 0 Å². The Labute approximate surface area is 74.6 Å². The van der Waals surface area contributed by atoms with Crippen LogP contribution in [0.1, 0.15) is 19.8 Å². The molecule has 0 aromatic carbocycles. The van der Waals surface area contributed by atoms with Gasteiger partial charge in [0.2, 0.25) is 0 Å². The SMILES string of the molecule is CCCN(CCCNC)C(=N)N. The Morgan fingerprint density at radius 1 is 1.50 bits per heavy atom. The molecule has 4 N–H and O–H groups in total. The van der Waals surface area contributed by atoms with Gasteiger partial charge in [-0.1, -0.05) is 6.92 Å². The van der Waals surface area contributed by atoms with Gasteiger partial charge in [0, 0.05) is 13.1 Å².